The molecule has 1 aliphatic heterocycles. The molecule has 1 aliphatic rings. The maximum atomic E-state index is 13.0. The van der Waals surface area contributed by atoms with Crippen molar-refractivity contribution in [1.82, 2.24) is 10.3 Å². The van der Waals surface area contributed by atoms with E-state index < -0.39 is 0 Å². The Labute approximate surface area is 145 Å². The first-order chi connectivity index (χ1) is 11.7. The topological polar surface area (TPSA) is 45.2 Å². The van der Waals surface area contributed by atoms with Gasteiger partial charge in [0.1, 0.15) is 5.82 Å². The Kier molecular flexibility index (Phi) is 5.45. The van der Waals surface area contributed by atoms with Crippen LogP contribution in [0.2, 0.25) is 0 Å². The highest BCUT2D eigenvalue weighted by molar-refractivity contribution is 7.14. The number of hydrogen-bond acceptors (Lipinski definition) is 4. The van der Waals surface area contributed by atoms with Crippen LogP contribution in [-0.2, 0) is 4.79 Å². The fourth-order valence-electron chi connectivity index (χ4n) is 2.92. The van der Waals surface area contributed by atoms with Crippen LogP contribution in [0, 0.1) is 11.7 Å². The van der Waals surface area contributed by atoms with E-state index in [-0.39, 0.29) is 17.6 Å². The van der Waals surface area contributed by atoms with Gasteiger partial charge in [-0.25, -0.2) is 9.37 Å². The molecule has 0 aliphatic carbocycles. The number of hydrogen-bond donors (Lipinski definition) is 1. The van der Waals surface area contributed by atoms with Crippen molar-refractivity contribution in [1.29, 1.82) is 0 Å². The van der Waals surface area contributed by atoms with Gasteiger partial charge in [-0.1, -0.05) is 6.92 Å². The molecule has 4 nitrogen and oxygen atoms in total. The molecule has 0 spiro atoms. The number of benzene rings is 1. The molecule has 1 aromatic carbocycles. The van der Waals surface area contributed by atoms with Crippen LogP contribution in [-0.4, -0.2) is 30.5 Å². The van der Waals surface area contributed by atoms with E-state index in [1.807, 2.05) is 5.38 Å². The average Bonchev–Trinajstić information content (AvgIpc) is 3.10. The summed E-state index contributed by atoms with van der Waals surface area (Å²) in [6.45, 7) is 4.43. The number of nitrogens with one attached hydrogen (secondary N) is 1. The normalized spacial score (nSPS) is 17.8. The molecule has 0 saturated carbocycles. The van der Waals surface area contributed by atoms with Gasteiger partial charge in [0.2, 0.25) is 5.91 Å². The summed E-state index contributed by atoms with van der Waals surface area (Å²) in [6.07, 6.45) is 2.88. The number of aromatic nitrogens is 1. The zero-order chi connectivity index (χ0) is 16.9. The van der Waals surface area contributed by atoms with Crippen molar-refractivity contribution >= 4 is 22.4 Å². The van der Waals surface area contributed by atoms with Crippen molar-refractivity contribution in [3.8, 4) is 11.3 Å². The highest BCUT2D eigenvalue weighted by Gasteiger charge is 2.27. The lowest BCUT2D eigenvalue weighted by Crippen LogP contribution is -2.43. The number of thiazole rings is 1. The molecule has 1 aromatic heterocycles. The number of carbonyl (C=O) groups is 1. The Bertz CT molecular complexity index is 686. The number of halogens is 1. The third-order valence-electron chi connectivity index (χ3n) is 4.24. The van der Waals surface area contributed by atoms with E-state index >= 15 is 0 Å². The molecule has 6 heteroatoms. The molecular weight excluding hydrogens is 325 g/mol. The monoisotopic (exact) mass is 347 g/mol. The molecule has 1 amide bonds. The van der Waals surface area contributed by atoms with E-state index in [0.29, 0.717) is 6.54 Å². The van der Waals surface area contributed by atoms with Gasteiger partial charge in [0, 0.05) is 30.6 Å². The summed E-state index contributed by atoms with van der Waals surface area (Å²) in [7, 11) is 0. The molecule has 0 bridgehead atoms. The van der Waals surface area contributed by atoms with Crippen molar-refractivity contribution in [2.24, 2.45) is 5.92 Å². The van der Waals surface area contributed by atoms with Gasteiger partial charge in [-0.15, -0.1) is 11.3 Å². The maximum absolute atomic E-state index is 13.0. The SMILES string of the molecule is CCCNC(=O)C1CCCN(c2nc(-c3ccc(F)cc3)cs2)C1. The highest BCUT2D eigenvalue weighted by Crippen LogP contribution is 2.30. The molecule has 128 valence electrons. The van der Waals surface area contributed by atoms with Gasteiger partial charge in [0.15, 0.2) is 5.13 Å². The fraction of sp³-hybridized carbons (Fsp3) is 0.444. The van der Waals surface area contributed by atoms with Gasteiger partial charge in [-0.3, -0.25) is 4.79 Å². The van der Waals surface area contributed by atoms with Gasteiger partial charge in [-0.05, 0) is 43.5 Å². The Hall–Kier alpha value is -1.95. The first kappa shape index (κ1) is 16.9. The van der Waals surface area contributed by atoms with Crippen LogP contribution in [0.3, 0.4) is 0 Å². The Morgan fingerprint density at radius 1 is 1.42 bits per heavy atom. The summed E-state index contributed by atoms with van der Waals surface area (Å²) in [5.74, 6) is -0.0634. The minimum absolute atomic E-state index is 0.0310. The van der Waals surface area contributed by atoms with E-state index in [0.717, 1.165) is 48.7 Å². The smallest absolute Gasteiger partial charge is 0.224 e. The van der Waals surface area contributed by atoms with E-state index in [4.69, 9.17) is 0 Å². The van der Waals surface area contributed by atoms with Gasteiger partial charge < -0.3 is 10.2 Å². The van der Waals surface area contributed by atoms with Crippen LogP contribution < -0.4 is 10.2 Å². The molecule has 1 N–H and O–H groups in total. The molecule has 3 rings (SSSR count). The maximum Gasteiger partial charge on any atom is 0.224 e. The van der Waals surface area contributed by atoms with Crippen molar-refractivity contribution in [3.05, 3.63) is 35.5 Å². The third-order valence-corrected chi connectivity index (χ3v) is 5.15. The number of anilines is 1. The van der Waals surface area contributed by atoms with Crippen LogP contribution in [0.4, 0.5) is 9.52 Å². The number of piperidine rings is 1. The molecule has 2 heterocycles. The molecule has 1 saturated heterocycles. The van der Waals surface area contributed by atoms with Gasteiger partial charge in [-0.2, -0.15) is 0 Å². The molecule has 1 atom stereocenters. The summed E-state index contributed by atoms with van der Waals surface area (Å²) in [5, 5.41) is 5.91. The summed E-state index contributed by atoms with van der Waals surface area (Å²) >= 11 is 1.58. The Balaban J connectivity index is 1.68. The summed E-state index contributed by atoms with van der Waals surface area (Å²) in [4.78, 5) is 19.1. The zero-order valence-electron chi connectivity index (χ0n) is 13.8. The molecule has 1 fully saturated rings. The molecule has 2 aromatic rings. The second-order valence-corrected chi connectivity index (χ2v) is 6.93. The standard InChI is InChI=1S/C18H22FN3OS/c1-2-9-20-17(23)14-4-3-10-22(11-14)18-21-16(12-24-18)13-5-7-15(19)8-6-13/h5-8,12,14H,2-4,9-11H2,1H3,(H,20,23). The summed E-state index contributed by atoms with van der Waals surface area (Å²) < 4.78 is 13.0. The molecular formula is C18H22FN3OS. The van der Waals surface area contributed by atoms with Crippen molar-refractivity contribution in [2.45, 2.75) is 26.2 Å². The van der Waals surface area contributed by atoms with E-state index in [1.54, 1.807) is 23.5 Å². The zero-order valence-corrected chi connectivity index (χ0v) is 14.6. The van der Waals surface area contributed by atoms with Crippen LogP contribution in [0.15, 0.2) is 29.6 Å². The lowest BCUT2D eigenvalue weighted by Gasteiger charge is -2.31. The predicted octanol–water partition coefficient (Wildman–Crippen LogP) is 3.69. The molecule has 0 radical (unpaired) electrons. The highest BCUT2D eigenvalue weighted by atomic mass is 32.1. The van der Waals surface area contributed by atoms with Crippen molar-refractivity contribution in [3.63, 3.8) is 0 Å². The average molecular weight is 347 g/mol. The van der Waals surface area contributed by atoms with Crippen LogP contribution in [0.5, 0.6) is 0 Å². The second-order valence-electron chi connectivity index (χ2n) is 6.10. The first-order valence-corrected chi connectivity index (χ1v) is 9.29. The Morgan fingerprint density at radius 3 is 2.96 bits per heavy atom. The first-order valence-electron chi connectivity index (χ1n) is 8.41. The Morgan fingerprint density at radius 2 is 2.21 bits per heavy atom. The minimum Gasteiger partial charge on any atom is -0.356 e. The van der Waals surface area contributed by atoms with Crippen LogP contribution >= 0.6 is 11.3 Å². The van der Waals surface area contributed by atoms with Crippen LogP contribution in [0.25, 0.3) is 11.3 Å². The molecule has 24 heavy (non-hydrogen) atoms. The van der Waals surface area contributed by atoms with Crippen molar-refractivity contribution < 1.29 is 9.18 Å². The third kappa shape index (κ3) is 3.93. The number of amides is 1. The van der Waals surface area contributed by atoms with E-state index in [2.05, 4.69) is 22.1 Å². The lowest BCUT2D eigenvalue weighted by molar-refractivity contribution is -0.125. The number of carbonyl (C=O) groups excluding carboxylic acids is 1. The summed E-state index contributed by atoms with van der Waals surface area (Å²) in [5.41, 5.74) is 1.76. The number of nitrogens with zero attached hydrogens (tertiary/aromatic N) is 2. The predicted molar refractivity (Wildman–Crippen MR) is 95.7 cm³/mol. The van der Waals surface area contributed by atoms with E-state index in [1.165, 1.54) is 12.1 Å². The van der Waals surface area contributed by atoms with E-state index in [9.17, 15) is 9.18 Å². The fourth-order valence-corrected chi connectivity index (χ4v) is 3.79. The minimum atomic E-state index is -0.244. The van der Waals surface area contributed by atoms with Crippen LogP contribution in [0.1, 0.15) is 26.2 Å². The quantitative estimate of drug-likeness (QED) is 0.897. The van der Waals surface area contributed by atoms with Gasteiger partial charge in [0.25, 0.3) is 0 Å². The van der Waals surface area contributed by atoms with Crippen molar-refractivity contribution in [2.75, 3.05) is 24.5 Å². The van der Waals surface area contributed by atoms with Gasteiger partial charge in [0.05, 0.1) is 11.6 Å². The lowest BCUT2D eigenvalue weighted by atomic mass is 9.97. The van der Waals surface area contributed by atoms with Gasteiger partial charge >= 0.3 is 0 Å². The summed E-state index contributed by atoms with van der Waals surface area (Å²) in [6, 6.07) is 6.38. The molecule has 1 unspecified atom stereocenters. The second kappa shape index (κ2) is 7.75. The number of rotatable bonds is 5. The largest absolute Gasteiger partial charge is 0.356 e.